The van der Waals surface area contributed by atoms with E-state index in [0.29, 0.717) is 5.75 Å². The smallest absolute Gasteiger partial charge is 0.330 e. The molecular formula is C14H19NO5. The van der Waals surface area contributed by atoms with Crippen LogP contribution in [0.4, 0.5) is 0 Å². The third kappa shape index (κ3) is 4.89. The highest BCUT2D eigenvalue weighted by Gasteiger charge is 2.20. The normalized spacial score (nSPS) is 11.6. The number of carbonyl (C=O) groups is 2. The second kappa shape index (κ2) is 8.16. The summed E-state index contributed by atoms with van der Waals surface area (Å²) in [6.07, 6.45) is 0.873. The number of nitrogens with one attached hydrogen (secondary N) is 1. The van der Waals surface area contributed by atoms with Crippen molar-refractivity contribution >= 4 is 11.9 Å². The maximum atomic E-state index is 11.6. The molecule has 0 radical (unpaired) electrons. The van der Waals surface area contributed by atoms with Gasteiger partial charge in [-0.3, -0.25) is 4.79 Å². The predicted octanol–water partition coefficient (Wildman–Crippen LogP) is 0.278. The van der Waals surface area contributed by atoms with Gasteiger partial charge >= 0.3 is 5.97 Å². The number of benzene rings is 1. The lowest BCUT2D eigenvalue weighted by atomic mass is 10.2. The van der Waals surface area contributed by atoms with Gasteiger partial charge in [0.15, 0.2) is 12.6 Å². The Labute approximate surface area is 117 Å². The van der Waals surface area contributed by atoms with E-state index in [4.69, 9.17) is 9.84 Å². The lowest BCUT2D eigenvalue weighted by Gasteiger charge is -2.14. The minimum absolute atomic E-state index is 0.235. The van der Waals surface area contributed by atoms with Gasteiger partial charge in [-0.2, -0.15) is 0 Å². The van der Waals surface area contributed by atoms with Gasteiger partial charge in [-0.25, -0.2) is 4.79 Å². The monoisotopic (exact) mass is 281 g/mol. The van der Waals surface area contributed by atoms with Crippen molar-refractivity contribution in [2.75, 3.05) is 20.3 Å². The van der Waals surface area contributed by atoms with Crippen LogP contribution in [0.5, 0.6) is 5.75 Å². The number of esters is 1. The van der Waals surface area contributed by atoms with E-state index in [-0.39, 0.29) is 6.61 Å². The number of aliphatic hydroxyl groups excluding tert-OH is 1. The van der Waals surface area contributed by atoms with Gasteiger partial charge in [-0.1, -0.05) is 19.1 Å². The second-order valence-electron chi connectivity index (χ2n) is 4.12. The zero-order valence-electron chi connectivity index (χ0n) is 11.6. The molecule has 1 rings (SSSR count). The fourth-order valence-electron chi connectivity index (χ4n) is 1.56. The van der Waals surface area contributed by atoms with Crippen molar-refractivity contribution in [2.45, 2.75) is 19.4 Å². The molecule has 2 N–H and O–H groups in total. The summed E-state index contributed by atoms with van der Waals surface area (Å²) in [5.74, 6) is -0.622. The Morgan fingerprint density at radius 3 is 2.75 bits per heavy atom. The molecule has 0 aliphatic rings. The first-order valence-corrected chi connectivity index (χ1v) is 6.30. The van der Waals surface area contributed by atoms with Crippen LogP contribution in [-0.2, 0) is 20.7 Å². The Hall–Kier alpha value is -2.08. The molecule has 1 amide bonds. The molecule has 1 atom stereocenters. The van der Waals surface area contributed by atoms with Crippen molar-refractivity contribution in [3.8, 4) is 5.75 Å². The van der Waals surface area contributed by atoms with Crippen molar-refractivity contribution in [2.24, 2.45) is 0 Å². The van der Waals surface area contributed by atoms with E-state index in [2.05, 4.69) is 10.1 Å². The molecular weight excluding hydrogens is 262 g/mol. The summed E-state index contributed by atoms with van der Waals surface area (Å²) in [6, 6.07) is 6.33. The molecule has 0 heterocycles. The molecule has 6 nitrogen and oxygen atoms in total. The lowest BCUT2D eigenvalue weighted by Crippen LogP contribution is -2.45. The first kappa shape index (κ1) is 16.0. The van der Waals surface area contributed by atoms with Crippen LogP contribution in [-0.4, -0.2) is 43.3 Å². The van der Waals surface area contributed by atoms with Crippen molar-refractivity contribution in [3.63, 3.8) is 0 Å². The maximum absolute atomic E-state index is 11.6. The van der Waals surface area contributed by atoms with Crippen LogP contribution in [0.25, 0.3) is 0 Å². The molecule has 0 saturated carbocycles. The SMILES string of the molecule is CCc1cccc(OCC(=O)NC(CO)C(=O)OC)c1. The number of amides is 1. The number of aryl methyl sites for hydroxylation is 1. The molecule has 0 aliphatic carbocycles. The number of hydrogen-bond acceptors (Lipinski definition) is 5. The third-order valence-corrected chi connectivity index (χ3v) is 2.68. The third-order valence-electron chi connectivity index (χ3n) is 2.68. The van der Waals surface area contributed by atoms with Crippen molar-refractivity contribution in [1.29, 1.82) is 0 Å². The minimum atomic E-state index is -1.07. The van der Waals surface area contributed by atoms with Gasteiger partial charge in [0.25, 0.3) is 5.91 Å². The van der Waals surface area contributed by atoms with Crippen molar-refractivity contribution in [3.05, 3.63) is 29.8 Å². The Kier molecular flexibility index (Phi) is 6.52. The predicted molar refractivity (Wildman–Crippen MR) is 72.3 cm³/mol. The summed E-state index contributed by atoms with van der Waals surface area (Å²) >= 11 is 0. The summed E-state index contributed by atoms with van der Waals surface area (Å²) in [4.78, 5) is 22.8. The quantitative estimate of drug-likeness (QED) is 0.701. The van der Waals surface area contributed by atoms with Gasteiger partial charge in [0, 0.05) is 0 Å². The Balaban J connectivity index is 2.48. The summed E-state index contributed by atoms with van der Waals surface area (Å²) in [5, 5.41) is 11.3. The molecule has 6 heteroatoms. The van der Waals surface area contributed by atoms with E-state index in [1.54, 1.807) is 6.07 Å². The highest BCUT2D eigenvalue weighted by Crippen LogP contribution is 2.13. The molecule has 20 heavy (non-hydrogen) atoms. The van der Waals surface area contributed by atoms with E-state index in [1.165, 1.54) is 7.11 Å². The van der Waals surface area contributed by atoms with Crippen LogP contribution in [0, 0.1) is 0 Å². The van der Waals surface area contributed by atoms with Gasteiger partial charge < -0.3 is 19.9 Å². The van der Waals surface area contributed by atoms with E-state index in [9.17, 15) is 9.59 Å². The average Bonchev–Trinajstić information content (AvgIpc) is 2.50. The number of carbonyl (C=O) groups excluding carboxylic acids is 2. The highest BCUT2D eigenvalue weighted by atomic mass is 16.5. The molecule has 110 valence electrons. The molecule has 0 aliphatic heterocycles. The van der Waals surface area contributed by atoms with Crippen LogP contribution in [0.15, 0.2) is 24.3 Å². The van der Waals surface area contributed by atoms with Gasteiger partial charge in [0.05, 0.1) is 13.7 Å². The molecule has 1 aromatic rings. The molecule has 1 aromatic carbocycles. The molecule has 0 spiro atoms. The van der Waals surface area contributed by atoms with Gasteiger partial charge in [-0.05, 0) is 24.1 Å². The first-order chi connectivity index (χ1) is 9.60. The standard InChI is InChI=1S/C14H19NO5/c1-3-10-5-4-6-11(7-10)20-9-13(17)15-12(8-16)14(18)19-2/h4-7,12,16H,3,8-9H2,1-2H3,(H,15,17). The molecule has 0 aromatic heterocycles. The minimum Gasteiger partial charge on any atom is -0.484 e. The largest absolute Gasteiger partial charge is 0.484 e. The van der Waals surface area contributed by atoms with Crippen LogP contribution in [0.2, 0.25) is 0 Å². The number of hydrogen-bond donors (Lipinski definition) is 2. The zero-order valence-corrected chi connectivity index (χ0v) is 11.6. The van der Waals surface area contributed by atoms with Crippen molar-refractivity contribution < 1.29 is 24.2 Å². The molecule has 0 fully saturated rings. The van der Waals surface area contributed by atoms with Crippen LogP contribution in [0.1, 0.15) is 12.5 Å². The summed E-state index contributed by atoms with van der Waals surface area (Å²) in [6.45, 7) is 1.26. The van der Waals surface area contributed by atoms with E-state index < -0.39 is 24.5 Å². The summed E-state index contributed by atoms with van der Waals surface area (Å²) in [5.41, 5.74) is 1.10. The highest BCUT2D eigenvalue weighted by molar-refractivity contribution is 5.85. The van der Waals surface area contributed by atoms with Crippen LogP contribution >= 0.6 is 0 Å². The van der Waals surface area contributed by atoms with E-state index in [1.807, 2.05) is 25.1 Å². The molecule has 0 saturated heterocycles. The Morgan fingerprint density at radius 1 is 1.40 bits per heavy atom. The van der Waals surface area contributed by atoms with Crippen LogP contribution in [0.3, 0.4) is 0 Å². The topological polar surface area (TPSA) is 84.9 Å². The first-order valence-electron chi connectivity index (χ1n) is 6.30. The summed E-state index contributed by atoms with van der Waals surface area (Å²) in [7, 11) is 1.18. The van der Waals surface area contributed by atoms with Crippen molar-refractivity contribution in [1.82, 2.24) is 5.32 Å². The number of rotatable bonds is 7. The molecule has 1 unspecified atom stereocenters. The number of ether oxygens (including phenoxy) is 2. The van der Waals surface area contributed by atoms with Gasteiger partial charge in [0.2, 0.25) is 0 Å². The number of methoxy groups -OCH3 is 1. The average molecular weight is 281 g/mol. The number of aliphatic hydroxyl groups is 1. The van der Waals surface area contributed by atoms with Gasteiger partial charge in [-0.15, -0.1) is 0 Å². The second-order valence-corrected chi connectivity index (χ2v) is 4.12. The lowest BCUT2D eigenvalue weighted by molar-refractivity contribution is -0.146. The van der Waals surface area contributed by atoms with E-state index >= 15 is 0 Å². The van der Waals surface area contributed by atoms with Crippen LogP contribution < -0.4 is 10.1 Å². The molecule has 0 bridgehead atoms. The zero-order chi connectivity index (χ0) is 15.0. The summed E-state index contributed by atoms with van der Waals surface area (Å²) < 4.78 is 9.77. The van der Waals surface area contributed by atoms with E-state index in [0.717, 1.165) is 12.0 Å². The Morgan fingerprint density at radius 2 is 2.15 bits per heavy atom. The fourth-order valence-corrected chi connectivity index (χ4v) is 1.56. The Bertz CT molecular complexity index is 461. The van der Waals surface area contributed by atoms with Gasteiger partial charge in [0.1, 0.15) is 5.75 Å². The fraction of sp³-hybridized carbons (Fsp3) is 0.429. The maximum Gasteiger partial charge on any atom is 0.330 e.